The summed E-state index contributed by atoms with van der Waals surface area (Å²) in [5.41, 5.74) is 2.50. The summed E-state index contributed by atoms with van der Waals surface area (Å²) in [5, 5.41) is 9.36. The van der Waals surface area contributed by atoms with Crippen molar-refractivity contribution in [2.45, 2.75) is 26.6 Å². The average Bonchev–Trinajstić information content (AvgIpc) is 2.90. The minimum absolute atomic E-state index is 0.382. The summed E-state index contributed by atoms with van der Waals surface area (Å²) in [6, 6.07) is 10.8. The monoisotopic (exact) mass is 389 g/mol. The summed E-state index contributed by atoms with van der Waals surface area (Å²) in [7, 11) is 0. The Kier molecular flexibility index (Phi) is 4.99. The first-order valence-corrected chi connectivity index (χ1v) is 8.47. The third-order valence-corrected chi connectivity index (χ3v) is 4.68. The van der Waals surface area contributed by atoms with Crippen molar-refractivity contribution in [3.63, 3.8) is 0 Å². The van der Waals surface area contributed by atoms with Crippen LogP contribution in [0.4, 0.5) is 13.2 Å². The second kappa shape index (κ2) is 7.09. The first-order valence-electron chi connectivity index (χ1n) is 8.09. The zero-order valence-electron chi connectivity index (χ0n) is 14.6. The number of benzene rings is 1. The van der Waals surface area contributed by atoms with E-state index in [0.29, 0.717) is 22.8 Å². The fourth-order valence-electron chi connectivity index (χ4n) is 3.06. The minimum Gasteiger partial charge on any atom is -0.344 e. The molecule has 3 rings (SSSR count). The van der Waals surface area contributed by atoms with E-state index in [1.165, 1.54) is 6.07 Å². The molecule has 0 aliphatic heterocycles. The molecule has 0 unspecified atom stereocenters. The zero-order chi connectivity index (χ0) is 19.8. The molecule has 0 aliphatic carbocycles. The van der Waals surface area contributed by atoms with Crippen LogP contribution in [-0.2, 0) is 12.7 Å². The van der Waals surface area contributed by atoms with Crippen molar-refractivity contribution in [3.05, 3.63) is 75.8 Å². The standard InChI is InChI=1S/C20H15ClF3N3/c1-12-7-17(13(2)27(12)11-14-3-6-19(21)26-10-14)15-4-5-16(9-25)18(8-15)20(22,23)24/h3-8,10H,11H2,1-2H3. The van der Waals surface area contributed by atoms with E-state index in [1.54, 1.807) is 24.4 Å². The Morgan fingerprint density at radius 1 is 1.15 bits per heavy atom. The fourth-order valence-corrected chi connectivity index (χ4v) is 3.17. The van der Waals surface area contributed by atoms with Crippen molar-refractivity contribution in [2.24, 2.45) is 0 Å². The maximum atomic E-state index is 13.3. The Bertz CT molecular complexity index is 1030. The van der Waals surface area contributed by atoms with E-state index in [9.17, 15) is 13.2 Å². The lowest BCUT2D eigenvalue weighted by molar-refractivity contribution is -0.137. The zero-order valence-corrected chi connectivity index (χ0v) is 15.4. The van der Waals surface area contributed by atoms with Gasteiger partial charge in [-0.25, -0.2) is 4.98 Å². The van der Waals surface area contributed by atoms with Crippen LogP contribution < -0.4 is 0 Å². The van der Waals surface area contributed by atoms with Crippen molar-refractivity contribution < 1.29 is 13.2 Å². The lowest BCUT2D eigenvalue weighted by Crippen LogP contribution is -2.08. The second-order valence-electron chi connectivity index (χ2n) is 6.23. The Hall–Kier alpha value is -2.78. The molecule has 3 nitrogen and oxygen atoms in total. The molecule has 1 aromatic carbocycles. The number of nitriles is 1. The summed E-state index contributed by atoms with van der Waals surface area (Å²) in [6.45, 7) is 4.29. The number of nitrogens with zero attached hydrogens (tertiary/aromatic N) is 3. The van der Waals surface area contributed by atoms with Crippen molar-refractivity contribution in [1.82, 2.24) is 9.55 Å². The molecule has 2 aromatic heterocycles. The molecule has 3 aromatic rings. The maximum absolute atomic E-state index is 13.3. The van der Waals surface area contributed by atoms with E-state index in [2.05, 4.69) is 4.98 Å². The summed E-state index contributed by atoms with van der Waals surface area (Å²) < 4.78 is 41.8. The van der Waals surface area contributed by atoms with Gasteiger partial charge in [-0.3, -0.25) is 0 Å². The molecule has 0 saturated carbocycles. The van der Waals surface area contributed by atoms with Crippen molar-refractivity contribution in [1.29, 1.82) is 5.26 Å². The number of halogens is 4. The van der Waals surface area contributed by atoms with E-state index in [4.69, 9.17) is 16.9 Å². The first kappa shape index (κ1) is 19.0. The van der Waals surface area contributed by atoms with E-state index in [1.807, 2.05) is 30.5 Å². The predicted octanol–water partition coefficient (Wildman–Crippen LogP) is 5.76. The molecular weight excluding hydrogens is 375 g/mol. The topological polar surface area (TPSA) is 41.6 Å². The largest absolute Gasteiger partial charge is 0.417 e. The van der Waals surface area contributed by atoms with Gasteiger partial charge in [0.15, 0.2) is 0 Å². The third-order valence-electron chi connectivity index (χ3n) is 4.46. The lowest BCUT2D eigenvalue weighted by Gasteiger charge is -2.12. The van der Waals surface area contributed by atoms with Crippen molar-refractivity contribution >= 4 is 11.6 Å². The van der Waals surface area contributed by atoms with Gasteiger partial charge < -0.3 is 4.57 Å². The highest BCUT2D eigenvalue weighted by atomic mass is 35.5. The number of hydrogen-bond donors (Lipinski definition) is 0. The van der Waals surface area contributed by atoms with Gasteiger partial charge in [-0.1, -0.05) is 23.7 Å². The van der Waals surface area contributed by atoms with Crippen LogP contribution in [0.1, 0.15) is 28.1 Å². The lowest BCUT2D eigenvalue weighted by atomic mass is 9.99. The van der Waals surface area contributed by atoms with Crippen LogP contribution in [0.25, 0.3) is 11.1 Å². The van der Waals surface area contributed by atoms with E-state index in [0.717, 1.165) is 23.0 Å². The molecule has 0 aliphatic rings. The highest BCUT2D eigenvalue weighted by molar-refractivity contribution is 6.29. The van der Waals surface area contributed by atoms with Gasteiger partial charge in [-0.05, 0) is 49.2 Å². The Morgan fingerprint density at radius 3 is 2.48 bits per heavy atom. The van der Waals surface area contributed by atoms with Gasteiger partial charge in [0.1, 0.15) is 5.15 Å². The third kappa shape index (κ3) is 3.83. The Labute approximate surface area is 159 Å². The van der Waals surface area contributed by atoms with Gasteiger partial charge in [0.25, 0.3) is 0 Å². The quantitative estimate of drug-likeness (QED) is 0.534. The number of alkyl halides is 3. The molecule has 2 heterocycles. The van der Waals surface area contributed by atoms with Crippen LogP contribution in [0, 0.1) is 25.2 Å². The smallest absolute Gasteiger partial charge is 0.344 e. The molecule has 0 bridgehead atoms. The van der Waals surface area contributed by atoms with Gasteiger partial charge in [0, 0.05) is 29.7 Å². The molecule has 0 spiro atoms. The van der Waals surface area contributed by atoms with E-state index in [-0.39, 0.29) is 5.56 Å². The summed E-state index contributed by atoms with van der Waals surface area (Å²) in [5.74, 6) is 0. The van der Waals surface area contributed by atoms with Gasteiger partial charge >= 0.3 is 6.18 Å². The van der Waals surface area contributed by atoms with Gasteiger partial charge in [0.05, 0.1) is 17.2 Å². The summed E-state index contributed by atoms with van der Waals surface area (Å²) in [6.07, 6.45) is -2.91. The highest BCUT2D eigenvalue weighted by Crippen LogP contribution is 2.36. The molecule has 138 valence electrons. The minimum atomic E-state index is -4.58. The number of aromatic nitrogens is 2. The fraction of sp³-hybridized carbons (Fsp3) is 0.200. The van der Waals surface area contributed by atoms with Crippen LogP contribution in [0.15, 0.2) is 42.6 Å². The predicted molar refractivity (Wildman–Crippen MR) is 97.4 cm³/mol. The van der Waals surface area contributed by atoms with Gasteiger partial charge in [-0.2, -0.15) is 18.4 Å². The average molecular weight is 390 g/mol. The number of rotatable bonds is 3. The number of aryl methyl sites for hydroxylation is 1. The molecular formula is C20H15ClF3N3. The van der Waals surface area contributed by atoms with Crippen LogP contribution in [0.3, 0.4) is 0 Å². The Balaban J connectivity index is 2.04. The molecule has 0 saturated heterocycles. The number of hydrogen-bond acceptors (Lipinski definition) is 2. The van der Waals surface area contributed by atoms with E-state index >= 15 is 0 Å². The first-order chi connectivity index (χ1) is 12.7. The normalized spacial score (nSPS) is 11.4. The number of pyridine rings is 1. The second-order valence-corrected chi connectivity index (χ2v) is 6.62. The van der Waals surface area contributed by atoms with Crippen LogP contribution in [0.2, 0.25) is 5.15 Å². The molecule has 0 atom stereocenters. The summed E-state index contributed by atoms with van der Waals surface area (Å²) in [4.78, 5) is 4.05. The molecule has 7 heteroatoms. The molecule has 27 heavy (non-hydrogen) atoms. The van der Waals surface area contributed by atoms with Gasteiger partial charge in [0.2, 0.25) is 0 Å². The molecule has 0 fully saturated rings. The van der Waals surface area contributed by atoms with Crippen molar-refractivity contribution in [3.8, 4) is 17.2 Å². The Morgan fingerprint density at radius 2 is 1.89 bits per heavy atom. The van der Waals surface area contributed by atoms with Crippen LogP contribution >= 0.6 is 11.6 Å². The highest BCUT2D eigenvalue weighted by Gasteiger charge is 2.34. The summed E-state index contributed by atoms with van der Waals surface area (Å²) >= 11 is 5.80. The van der Waals surface area contributed by atoms with Crippen LogP contribution in [0.5, 0.6) is 0 Å². The van der Waals surface area contributed by atoms with Gasteiger partial charge in [-0.15, -0.1) is 0 Å². The molecule has 0 N–H and O–H groups in total. The van der Waals surface area contributed by atoms with Crippen molar-refractivity contribution in [2.75, 3.05) is 0 Å². The molecule has 0 radical (unpaired) electrons. The molecule has 0 amide bonds. The maximum Gasteiger partial charge on any atom is 0.417 e. The SMILES string of the molecule is Cc1cc(-c2ccc(C#N)c(C(F)(F)F)c2)c(C)n1Cc1ccc(Cl)nc1. The van der Waals surface area contributed by atoms with Crippen LogP contribution in [-0.4, -0.2) is 9.55 Å². The van der Waals surface area contributed by atoms with E-state index < -0.39 is 11.7 Å².